The zero-order chi connectivity index (χ0) is 15.5. The normalized spacial score (nSPS) is 11.7. The van der Waals surface area contributed by atoms with Crippen molar-refractivity contribution in [3.05, 3.63) is 41.7 Å². The Morgan fingerprint density at radius 1 is 1.29 bits per heavy atom. The number of alkyl halides is 4. The summed E-state index contributed by atoms with van der Waals surface area (Å²) in [6.45, 7) is 0. The fourth-order valence-corrected chi connectivity index (χ4v) is 2.79. The summed E-state index contributed by atoms with van der Waals surface area (Å²) < 4.78 is 41.8. The molecule has 0 atom stereocenters. The van der Waals surface area contributed by atoms with Crippen molar-refractivity contribution < 1.29 is 17.9 Å². The van der Waals surface area contributed by atoms with Crippen molar-refractivity contribution in [2.24, 2.45) is 7.05 Å². The van der Waals surface area contributed by atoms with Crippen molar-refractivity contribution in [2.75, 3.05) is 0 Å². The van der Waals surface area contributed by atoms with Crippen LogP contribution in [0.1, 0.15) is 11.3 Å². The Kier molecular flexibility index (Phi) is 5.05. The van der Waals surface area contributed by atoms with Gasteiger partial charge in [0.05, 0.1) is 17.8 Å². The predicted octanol–water partition coefficient (Wildman–Crippen LogP) is 4.35. The topological polar surface area (TPSA) is 27.1 Å². The van der Waals surface area contributed by atoms with Crippen molar-refractivity contribution in [1.29, 1.82) is 0 Å². The van der Waals surface area contributed by atoms with Crippen molar-refractivity contribution in [3.8, 4) is 5.75 Å². The molecule has 8 heteroatoms. The summed E-state index contributed by atoms with van der Waals surface area (Å²) in [5.41, 5.74) is 1.79. The summed E-state index contributed by atoms with van der Waals surface area (Å²) in [6, 6.07) is 5.79. The molecule has 1 heterocycles. The molecule has 21 heavy (non-hydrogen) atoms. The lowest BCUT2D eigenvalue weighted by Crippen LogP contribution is -2.16. The first-order valence-electron chi connectivity index (χ1n) is 5.93. The lowest BCUT2D eigenvalue weighted by atomic mass is 10.2. The van der Waals surface area contributed by atoms with Crippen molar-refractivity contribution in [3.63, 3.8) is 0 Å². The maximum Gasteiger partial charge on any atom is 0.573 e. The average Bonchev–Trinajstić information content (AvgIpc) is 2.77. The molecule has 0 unspecified atom stereocenters. The molecule has 2 rings (SSSR count). The van der Waals surface area contributed by atoms with Gasteiger partial charge in [-0.05, 0) is 17.7 Å². The Hall–Kier alpha value is -1.34. The van der Waals surface area contributed by atoms with Crippen molar-refractivity contribution >= 4 is 23.4 Å². The second kappa shape index (κ2) is 6.62. The molecule has 1 aromatic heterocycles. The molecule has 0 radical (unpaired) electrons. The van der Waals surface area contributed by atoms with Crippen LogP contribution >= 0.6 is 23.4 Å². The number of ether oxygens (including phenoxy) is 1. The van der Waals surface area contributed by atoms with Gasteiger partial charge < -0.3 is 9.30 Å². The zero-order valence-corrected chi connectivity index (χ0v) is 12.6. The third-order valence-corrected chi connectivity index (χ3v) is 4.09. The van der Waals surface area contributed by atoms with Crippen LogP contribution in [0, 0.1) is 0 Å². The zero-order valence-electron chi connectivity index (χ0n) is 11.0. The first-order valence-corrected chi connectivity index (χ1v) is 7.45. The maximum absolute atomic E-state index is 12.0. The Balaban J connectivity index is 1.96. The molecule has 0 aliphatic carbocycles. The summed E-state index contributed by atoms with van der Waals surface area (Å²) in [7, 11) is 1.87. The van der Waals surface area contributed by atoms with E-state index in [2.05, 4.69) is 9.72 Å². The van der Waals surface area contributed by atoms with Gasteiger partial charge in [0.25, 0.3) is 0 Å². The van der Waals surface area contributed by atoms with Gasteiger partial charge in [-0.25, -0.2) is 4.98 Å². The molecule has 0 fully saturated rings. The van der Waals surface area contributed by atoms with E-state index in [1.807, 2.05) is 11.6 Å². The number of nitrogens with zero attached hydrogens (tertiary/aromatic N) is 2. The van der Waals surface area contributed by atoms with E-state index in [-0.39, 0.29) is 5.75 Å². The fourth-order valence-electron chi connectivity index (χ4n) is 1.62. The number of hydrogen-bond acceptors (Lipinski definition) is 3. The number of halogens is 4. The highest BCUT2D eigenvalue weighted by Crippen LogP contribution is 2.26. The van der Waals surface area contributed by atoms with Crippen LogP contribution in [0.2, 0.25) is 0 Å². The van der Waals surface area contributed by atoms with Gasteiger partial charge in [0, 0.05) is 12.8 Å². The monoisotopic (exact) mass is 336 g/mol. The highest BCUT2D eigenvalue weighted by atomic mass is 35.5. The van der Waals surface area contributed by atoms with Crippen LogP contribution in [0.4, 0.5) is 13.2 Å². The van der Waals surface area contributed by atoms with E-state index in [1.54, 1.807) is 18.3 Å². The second-order valence-electron chi connectivity index (χ2n) is 4.21. The van der Waals surface area contributed by atoms with Gasteiger partial charge in [0.2, 0.25) is 0 Å². The fraction of sp³-hybridized carbons (Fsp3) is 0.308. The second-order valence-corrected chi connectivity index (χ2v) is 5.41. The number of benzene rings is 1. The van der Waals surface area contributed by atoms with Crippen LogP contribution in [0.5, 0.6) is 5.75 Å². The molecule has 0 bridgehead atoms. The van der Waals surface area contributed by atoms with E-state index in [0.29, 0.717) is 11.6 Å². The lowest BCUT2D eigenvalue weighted by molar-refractivity contribution is -0.274. The SMILES string of the molecule is Cn1c(CCl)cnc1SCc1ccc(OC(F)(F)F)cc1. The van der Waals surface area contributed by atoms with Gasteiger partial charge in [-0.1, -0.05) is 23.9 Å². The van der Waals surface area contributed by atoms with Crippen LogP contribution in [-0.2, 0) is 18.7 Å². The molecule has 2 aromatic rings. The molecular formula is C13H12ClF3N2OS. The lowest BCUT2D eigenvalue weighted by Gasteiger charge is -2.09. The highest BCUT2D eigenvalue weighted by Gasteiger charge is 2.30. The van der Waals surface area contributed by atoms with Gasteiger partial charge in [0.1, 0.15) is 5.75 Å². The molecule has 1 aromatic carbocycles. The largest absolute Gasteiger partial charge is 0.573 e. The molecule has 114 valence electrons. The summed E-state index contributed by atoms with van der Waals surface area (Å²) in [5, 5.41) is 0.807. The van der Waals surface area contributed by atoms with E-state index in [4.69, 9.17) is 11.6 Å². The summed E-state index contributed by atoms with van der Waals surface area (Å²) in [5.74, 6) is 0.754. The molecule has 0 saturated carbocycles. The molecule has 0 aliphatic rings. The van der Waals surface area contributed by atoms with Gasteiger partial charge in [0.15, 0.2) is 5.16 Å². The van der Waals surface area contributed by atoms with Crippen LogP contribution in [-0.4, -0.2) is 15.9 Å². The van der Waals surface area contributed by atoms with E-state index in [0.717, 1.165) is 16.4 Å². The van der Waals surface area contributed by atoms with Gasteiger partial charge in [-0.3, -0.25) is 0 Å². The predicted molar refractivity (Wildman–Crippen MR) is 75.5 cm³/mol. The van der Waals surface area contributed by atoms with Crippen LogP contribution < -0.4 is 4.74 Å². The van der Waals surface area contributed by atoms with E-state index < -0.39 is 6.36 Å². The molecule has 3 nitrogen and oxygen atoms in total. The van der Waals surface area contributed by atoms with Gasteiger partial charge >= 0.3 is 6.36 Å². The smallest absolute Gasteiger partial charge is 0.406 e. The van der Waals surface area contributed by atoms with Crippen LogP contribution in [0.3, 0.4) is 0 Å². The molecule has 0 saturated heterocycles. The van der Waals surface area contributed by atoms with E-state index in [9.17, 15) is 13.2 Å². The minimum Gasteiger partial charge on any atom is -0.406 e. The summed E-state index contributed by atoms with van der Waals surface area (Å²) >= 11 is 7.24. The molecular weight excluding hydrogens is 325 g/mol. The van der Waals surface area contributed by atoms with Crippen molar-refractivity contribution in [1.82, 2.24) is 9.55 Å². The molecule has 0 aliphatic heterocycles. The maximum atomic E-state index is 12.0. The van der Waals surface area contributed by atoms with Crippen molar-refractivity contribution in [2.45, 2.75) is 23.2 Å². The standard InChI is InChI=1S/C13H12ClF3N2OS/c1-19-10(6-14)7-18-12(19)21-8-9-2-4-11(5-3-9)20-13(15,16)17/h2-5,7H,6,8H2,1H3. The van der Waals surface area contributed by atoms with Gasteiger partial charge in [-0.15, -0.1) is 24.8 Å². The number of rotatable bonds is 5. The third kappa shape index (κ3) is 4.57. The van der Waals surface area contributed by atoms with Gasteiger partial charge in [-0.2, -0.15) is 0 Å². The molecule has 0 spiro atoms. The minimum absolute atomic E-state index is 0.224. The summed E-state index contributed by atoms with van der Waals surface area (Å²) in [6.07, 6.45) is -2.96. The Bertz CT molecular complexity index is 598. The molecule has 0 amide bonds. The third-order valence-electron chi connectivity index (χ3n) is 2.70. The number of aromatic nitrogens is 2. The Morgan fingerprint density at radius 2 is 1.95 bits per heavy atom. The first-order chi connectivity index (χ1) is 9.89. The number of hydrogen-bond donors (Lipinski definition) is 0. The van der Waals surface area contributed by atoms with Crippen LogP contribution in [0.15, 0.2) is 35.6 Å². The Labute approximate surface area is 129 Å². The molecule has 0 N–H and O–H groups in total. The number of imidazole rings is 1. The highest BCUT2D eigenvalue weighted by molar-refractivity contribution is 7.98. The Morgan fingerprint density at radius 3 is 2.48 bits per heavy atom. The first kappa shape index (κ1) is 16.0. The summed E-state index contributed by atoms with van der Waals surface area (Å²) in [4.78, 5) is 4.24. The van der Waals surface area contributed by atoms with E-state index in [1.165, 1.54) is 23.9 Å². The quantitative estimate of drug-likeness (QED) is 0.600. The average molecular weight is 337 g/mol. The minimum atomic E-state index is -4.67. The van der Waals surface area contributed by atoms with E-state index >= 15 is 0 Å². The number of thioether (sulfide) groups is 1. The van der Waals surface area contributed by atoms with Crippen LogP contribution in [0.25, 0.3) is 0 Å².